The molecule has 19 heavy (non-hydrogen) atoms. The molecule has 0 spiro atoms. The van der Waals surface area contributed by atoms with Crippen LogP contribution < -0.4 is 5.32 Å². The third-order valence-electron chi connectivity index (χ3n) is 2.12. The molecule has 0 radical (unpaired) electrons. The average molecular weight is 268 g/mol. The van der Waals surface area contributed by atoms with E-state index in [1.54, 1.807) is 6.07 Å². The molecular formula is C11H12N2O6. The maximum atomic E-state index is 11.3. The molecule has 1 aromatic rings. The first-order valence-corrected chi connectivity index (χ1v) is 5.29. The zero-order chi connectivity index (χ0) is 14.3. The highest BCUT2D eigenvalue weighted by atomic mass is 16.6. The molecule has 1 aromatic carbocycles. The van der Waals surface area contributed by atoms with E-state index in [1.165, 1.54) is 18.2 Å². The number of carbonyl (C=O) groups excluding carboxylic acids is 1. The van der Waals surface area contributed by atoms with Crippen LogP contribution in [0.4, 0.5) is 5.69 Å². The number of rotatable bonds is 7. The second kappa shape index (κ2) is 7.07. The number of nitro benzene ring substituents is 1. The zero-order valence-electron chi connectivity index (χ0n) is 9.87. The summed E-state index contributed by atoms with van der Waals surface area (Å²) >= 11 is 0. The van der Waals surface area contributed by atoms with E-state index >= 15 is 0 Å². The molecule has 0 fully saturated rings. The number of carboxylic acid groups (broad SMARTS) is 1. The van der Waals surface area contributed by atoms with E-state index < -0.39 is 30.0 Å². The smallest absolute Gasteiger partial charge is 0.329 e. The maximum Gasteiger partial charge on any atom is 0.329 e. The largest absolute Gasteiger partial charge is 0.480 e. The van der Waals surface area contributed by atoms with Crippen molar-refractivity contribution in [3.8, 4) is 0 Å². The summed E-state index contributed by atoms with van der Waals surface area (Å²) in [5, 5.41) is 21.4. The molecule has 1 rings (SSSR count). The number of carbonyl (C=O) groups is 2. The van der Waals surface area contributed by atoms with Gasteiger partial charge in [-0.2, -0.15) is 0 Å². The average Bonchev–Trinajstić information content (AvgIpc) is 2.36. The molecule has 0 unspecified atom stereocenters. The Kier molecular flexibility index (Phi) is 5.42. The Morgan fingerprint density at radius 1 is 1.32 bits per heavy atom. The van der Waals surface area contributed by atoms with Gasteiger partial charge in [0.15, 0.2) is 0 Å². The predicted octanol–water partition coefficient (Wildman–Crippen LogP) is 0.312. The standard InChI is InChI=1S/C11H12N2O6/c14-10(6-19-7-11(15)16)12-5-8-3-1-2-4-9(8)13(17)18/h1-4H,5-7H2,(H,12,14)(H,15,16). The third kappa shape index (κ3) is 5.13. The Balaban J connectivity index is 2.46. The Bertz CT molecular complexity index is 488. The SMILES string of the molecule is O=C(O)COCC(=O)NCc1ccccc1[N+](=O)[O-]. The van der Waals surface area contributed by atoms with Crippen molar-refractivity contribution in [2.24, 2.45) is 0 Å². The molecule has 1 amide bonds. The first-order chi connectivity index (χ1) is 9.00. The highest BCUT2D eigenvalue weighted by Crippen LogP contribution is 2.16. The number of nitro groups is 1. The fourth-order valence-corrected chi connectivity index (χ4v) is 1.31. The summed E-state index contributed by atoms with van der Waals surface area (Å²) in [5.74, 6) is -1.72. The van der Waals surface area contributed by atoms with Crippen LogP contribution in [0.2, 0.25) is 0 Å². The molecule has 0 saturated heterocycles. The van der Waals surface area contributed by atoms with Crippen LogP contribution >= 0.6 is 0 Å². The fourth-order valence-electron chi connectivity index (χ4n) is 1.31. The second-order valence-electron chi connectivity index (χ2n) is 3.55. The van der Waals surface area contributed by atoms with Gasteiger partial charge in [0, 0.05) is 18.2 Å². The van der Waals surface area contributed by atoms with Crippen LogP contribution in [0.5, 0.6) is 0 Å². The van der Waals surface area contributed by atoms with Crippen molar-refractivity contribution in [3.05, 3.63) is 39.9 Å². The van der Waals surface area contributed by atoms with Gasteiger partial charge < -0.3 is 15.2 Å². The van der Waals surface area contributed by atoms with Gasteiger partial charge in [-0.15, -0.1) is 0 Å². The van der Waals surface area contributed by atoms with Gasteiger partial charge in [0.25, 0.3) is 5.69 Å². The van der Waals surface area contributed by atoms with Crippen LogP contribution in [0.1, 0.15) is 5.56 Å². The minimum Gasteiger partial charge on any atom is -0.480 e. The molecule has 0 aliphatic rings. The molecule has 0 heterocycles. The highest BCUT2D eigenvalue weighted by Gasteiger charge is 2.13. The van der Waals surface area contributed by atoms with Gasteiger partial charge in [-0.1, -0.05) is 18.2 Å². The van der Waals surface area contributed by atoms with Crippen LogP contribution in [0.3, 0.4) is 0 Å². The lowest BCUT2D eigenvalue weighted by molar-refractivity contribution is -0.385. The zero-order valence-corrected chi connectivity index (χ0v) is 9.87. The van der Waals surface area contributed by atoms with Gasteiger partial charge in [-0.3, -0.25) is 14.9 Å². The molecule has 0 aliphatic carbocycles. The molecule has 8 nitrogen and oxygen atoms in total. The normalized spacial score (nSPS) is 9.89. The monoisotopic (exact) mass is 268 g/mol. The number of ether oxygens (including phenoxy) is 1. The van der Waals surface area contributed by atoms with Crippen LogP contribution in [-0.4, -0.2) is 35.1 Å². The summed E-state index contributed by atoms with van der Waals surface area (Å²) in [6, 6.07) is 6.01. The van der Waals surface area contributed by atoms with Crippen LogP contribution in [0, 0.1) is 10.1 Å². The van der Waals surface area contributed by atoms with Gasteiger partial charge in [-0.25, -0.2) is 4.79 Å². The Hall–Kier alpha value is -2.48. The molecule has 0 aromatic heterocycles. The van der Waals surface area contributed by atoms with Crippen molar-refractivity contribution >= 4 is 17.6 Å². The van der Waals surface area contributed by atoms with E-state index in [1.807, 2.05) is 0 Å². The highest BCUT2D eigenvalue weighted by molar-refractivity contribution is 5.77. The lowest BCUT2D eigenvalue weighted by atomic mass is 10.2. The summed E-state index contributed by atoms with van der Waals surface area (Å²) in [6.07, 6.45) is 0. The quantitative estimate of drug-likeness (QED) is 0.542. The number of para-hydroxylation sites is 1. The number of nitrogens with zero attached hydrogens (tertiary/aromatic N) is 1. The van der Waals surface area contributed by atoms with Gasteiger partial charge in [-0.05, 0) is 0 Å². The summed E-state index contributed by atoms with van der Waals surface area (Å²) in [4.78, 5) is 31.6. The molecule has 2 N–H and O–H groups in total. The second-order valence-corrected chi connectivity index (χ2v) is 3.55. The first kappa shape index (κ1) is 14.6. The minimum atomic E-state index is -1.17. The van der Waals surface area contributed by atoms with Crippen LogP contribution in [0.15, 0.2) is 24.3 Å². The van der Waals surface area contributed by atoms with E-state index in [0.717, 1.165) is 0 Å². The predicted molar refractivity (Wildman–Crippen MR) is 63.4 cm³/mol. The summed E-state index contributed by atoms with van der Waals surface area (Å²) in [5.41, 5.74) is 0.272. The van der Waals surface area contributed by atoms with E-state index in [4.69, 9.17) is 5.11 Å². The van der Waals surface area contributed by atoms with E-state index in [2.05, 4.69) is 10.1 Å². The van der Waals surface area contributed by atoms with Crippen LogP contribution in [0.25, 0.3) is 0 Å². The summed E-state index contributed by atoms with van der Waals surface area (Å²) < 4.78 is 4.58. The van der Waals surface area contributed by atoms with E-state index in [0.29, 0.717) is 5.56 Å². The molecular weight excluding hydrogens is 256 g/mol. The summed E-state index contributed by atoms with van der Waals surface area (Å²) in [6.45, 7) is -1.00. The fraction of sp³-hybridized carbons (Fsp3) is 0.273. The summed E-state index contributed by atoms with van der Waals surface area (Å²) in [7, 11) is 0. The topological polar surface area (TPSA) is 119 Å². The molecule has 8 heteroatoms. The number of carboxylic acids is 1. The third-order valence-corrected chi connectivity index (χ3v) is 2.12. The van der Waals surface area contributed by atoms with Crippen molar-refractivity contribution < 1.29 is 24.4 Å². The lowest BCUT2D eigenvalue weighted by Gasteiger charge is -2.05. The van der Waals surface area contributed by atoms with Crippen molar-refractivity contribution in [3.63, 3.8) is 0 Å². The number of nitrogens with one attached hydrogen (secondary N) is 1. The van der Waals surface area contributed by atoms with Crippen molar-refractivity contribution in [1.29, 1.82) is 0 Å². The number of aliphatic carboxylic acids is 1. The van der Waals surface area contributed by atoms with Gasteiger partial charge in [0.05, 0.1) is 4.92 Å². The van der Waals surface area contributed by atoms with Crippen LogP contribution in [-0.2, 0) is 20.9 Å². The van der Waals surface area contributed by atoms with Crippen molar-refractivity contribution in [2.75, 3.05) is 13.2 Å². The molecule has 0 atom stereocenters. The van der Waals surface area contributed by atoms with E-state index in [9.17, 15) is 19.7 Å². The first-order valence-electron chi connectivity index (χ1n) is 5.29. The van der Waals surface area contributed by atoms with E-state index in [-0.39, 0.29) is 12.2 Å². The number of hydrogen-bond acceptors (Lipinski definition) is 5. The minimum absolute atomic E-state index is 0.0214. The van der Waals surface area contributed by atoms with Crippen molar-refractivity contribution in [1.82, 2.24) is 5.32 Å². The molecule has 0 bridgehead atoms. The Morgan fingerprint density at radius 3 is 2.63 bits per heavy atom. The number of benzene rings is 1. The van der Waals surface area contributed by atoms with Gasteiger partial charge in [0.2, 0.25) is 5.91 Å². The number of hydrogen-bond donors (Lipinski definition) is 2. The molecule has 0 aliphatic heterocycles. The van der Waals surface area contributed by atoms with Gasteiger partial charge in [0.1, 0.15) is 13.2 Å². The number of amides is 1. The maximum absolute atomic E-state index is 11.3. The lowest BCUT2D eigenvalue weighted by Crippen LogP contribution is -2.28. The Morgan fingerprint density at radius 2 is 2.00 bits per heavy atom. The Labute approximate surface area is 108 Å². The van der Waals surface area contributed by atoms with Crippen molar-refractivity contribution in [2.45, 2.75) is 6.54 Å². The van der Waals surface area contributed by atoms with Gasteiger partial charge >= 0.3 is 5.97 Å². The molecule has 0 saturated carbocycles. The molecule has 102 valence electrons.